The zero-order valence-corrected chi connectivity index (χ0v) is 25.3. The van der Waals surface area contributed by atoms with Gasteiger partial charge in [0.25, 0.3) is 5.91 Å². The van der Waals surface area contributed by atoms with Gasteiger partial charge in [0.15, 0.2) is 5.65 Å². The summed E-state index contributed by atoms with van der Waals surface area (Å²) in [6, 6.07) is 24.3. The Balaban J connectivity index is 1.51. The van der Waals surface area contributed by atoms with Crippen molar-refractivity contribution in [3.8, 4) is 0 Å². The summed E-state index contributed by atoms with van der Waals surface area (Å²) in [5, 5.41) is 9.91. The van der Waals surface area contributed by atoms with Crippen LogP contribution in [-0.4, -0.2) is 33.3 Å². The zero-order chi connectivity index (χ0) is 29.6. The number of hydrogen-bond donors (Lipinski definition) is 4. The maximum atomic E-state index is 13.2. The molecule has 0 saturated carbocycles. The molecule has 0 spiro atoms. The lowest BCUT2D eigenvalue weighted by Gasteiger charge is -2.15. The van der Waals surface area contributed by atoms with Gasteiger partial charge < -0.3 is 21.7 Å². The smallest absolute Gasteiger partial charge is 0.255 e. The first-order valence-electron chi connectivity index (χ1n) is 13.2. The Labute approximate surface area is 255 Å². The minimum atomic E-state index is -0.273. The molecule has 2 amide bonds. The van der Waals surface area contributed by atoms with Crippen LogP contribution in [0.5, 0.6) is 0 Å². The van der Waals surface area contributed by atoms with E-state index in [9.17, 15) is 9.59 Å². The third-order valence-corrected chi connectivity index (χ3v) is 7.78. The Morgan fingerprint density at radius 3 is 2.48 bits per heavy atom. The van der Waals surface area contributed by atoms with E-state index in [0.29, 0.717) is 34.1 Å². The van der Waals surface area contributed by atoms with Crippen molar-refractivity contribution in [3.05, 3.63) is 101 Å². The van der Waals surface area contributed by atoms with Gasteiger partial charge >= 0.3 is 0 Å². The Hall–Kier alpha value is -4.32. The molecule has 0 radical (unpaired) electrons. The molecule has 212 valence electrons. The lowest BCUT2D eigenvalue weighted by molar-refractivity contribution is -0.114. The minimum Gasteiger partial charge on any atom is -0.339 e. The molecule has 9 nitrogen and oxygen atoms in total. The topological polar surface area (TPSA) is 135 Å². The number of halogens is 1. The molecule has 0 unspecified atom stereocenters. The van der Waals surface area contributed by atoms with Crippen molar-refractivity contribution in [2.24, 2.45) is 5.73 Å². The quantitative estimate of drug-likeness (QED) is 0.136. The molecule has 42 heavy (non-hydrogen) atoms. The van der Waals surface area contributed by atoms with Gasteiger partial charge in [-0.15, -0.1) is 0 Å². The highest BCUT2D eigenvalue weighted by molar-refractivity contribution is 9.10. The summed E-state index contributed by atoms with van der Waals surface area (Å²) in [6.07, 6.45) is 1.47. The lowest BCUT2D eigenvalue weighted by Crippen LogP contribution is -2.21. The van der Waals surface area contributed by atoms with Crippen LogP contribution in [0.25, 0.3) is 11.0 Å². The summed E-state index contributed by atoms with van der Waals surface area (Å²) in [7, 11) is 0. The van der Waals surface area contributed by atoms with Crippen molar-refractivity contribution in [1.29, 1.82) is 0 Å². The number of rotatable bonds is 9. The molecule has 0 fully saturated rings. The molecule has 0 aliphatic carbocycles. The second-order valence-corrected chi connectivity index (χ2v) is 11.7. The fraction of sp³-hybridized carbons (Fsp3) is 0.129. The number of anilines is 4. The van der Waals surface area contributed by atoms with E-state index in [1.807, 2.05) is 60.7 Å². The summed E-state index contributed by atoms with van der Waals surface area (Å²) in [4.78, 5) is 40.4. The molecular weight excluding hydrogens is 614 g/mol. The molecule has 3 aromatic carbocycles. The van der Waals surface area contributed by atoms with Crippen LogP contribution in [0.4, 0.5) is 22.9 Å². The molecule has 5 rings (SSSR count). The predicted octanol–water partition coefficient (Wildman–Crippen LogP) is 6.96. The fourth-order valence-electron chi connectivity index (χ4n) is 4.11. The molecule has 0 bridgehead atoms. The van der Waals surface area contributed by atoms with Crippen LogP contribution in [-0.2, 0) is 4.79 Å². The molecule has 2 heterocycles. The number of carbonyl (C=O) groups is 2. The van der Waals surface area contributed by atoms with Gasteiger partial charge in [0.2, 0.25) is 5.91 Å². The molecule has 11 heteroatoms. The average Bonchev–Trinajstić information content (AvgIpc) is 2.98. The second-order valence-electron chi connectivity index (χ2n) is 9.67. The minimum absolute atomic E-state index is 0.102. The van der Waals surface area contributed by atoms with E-state index < -0.39 is 0 Å². The number of nitrogens with zero attached hydrogens (tertiary/aromatic N) is 3. The van der Waals surface area contributed by atoms with E-state index >= 15 is 0 Å². The Morgan fingerprint density at radius 1 is 0.929 bits per heavy atom. The van der Waals surface area contributed by atoms with Crippen LogP contribution in [0.15, 0.2) is 99.5 Å². The fourth-order valence-corrected chi connectivity index (χ4v) is 5.45. The molecule has 5 N–H and O–H groups in total. The largest absolute Gasteiger partial charge is 0.339 e. The van der Waals surface area contributed by atoms with Crippen molar-refractivity contribution in [2.75, 3.05) is 22.5 Å². The van der Waals surface area contributed by atoms with E-state index in [4.69, 9.17) is 10.7 Å². The van der Waals surface area contributed by atoms with Gasteiger partial charge in [-0.3, -0.25) is 9.59 Å². The molecule has 5 aromatic rings. The van der Waals surface area contributed by atoms with Crippen LogP contribution in [0.2, 0.25) is 0 Å². The number of nitrogens with two attached hydrogens (primary N) is 1. The summed E-state index contributed by atoms with van der Waals surface area (Å²) in [6.45, 7) is 4.06. The number of amides is 2. The number of fused-ring (bicyclic) bond motifs is 1. The molecule has 0 aliphatic heterocycles. The van der Waals surface area contributed by atoms with Crippen LogP contribution in [0.1, 0.15) is 35.8 Å². The molecule has 0 aliphatic rings. The van der Waals surface area contributed by atoms with Gasteiger partial charge in [-0.1, -0.05) is 53.7 Å². The molecule has 2 aromatic heterocycles. The van der Waals surface area contributed by atoms with E-state index in [0.717, 1.165) is 25.3 Å². The van der Waals surface area contributed by atoms with E-state index in [1.54, 1.807) is 18.2 Å². The number of aromatic nitrogens is 3. The van der Waals surface area contributed by atoms with Crippen molar-refractivity contribution in [1.82, 2.24) is 15.0 Å². The van der Waals surface area contributed by atoms with Gasteiger partial charge in [-0.05, 0) is 72.6 Å². The van der Waals surface area contributed by atoms with E-state index in [-0.39, 0.29) is 24.3 Å². The predicted molar refractivity (Wildman–Crippen MR) is 171 cm³/mol. The number of carbonyl (C=O) groups excluding carboxylic acids is 2. The lowest BCUT2D eigenvalue weighted by atomic mass is 10.1. The maximum Gasteiger partial charge on any atom is 0.255 e. The second kappa shape index (κ2) is 13.1. The summed E-state index contributed by atoms with van der Waals surface area (Å²) < 4.78 is 0.865. The zero-order valence-electron chi connectivity index (χ0n) is 22.9. The molecule has 0 atom stereocenters. The third kappa shape index (κ3) is 7.11. The van der Waals surface area contributed by atoms with Crippen LogP contribution >= 0.6 is 27.7 Å². The SMILES string of the molecule is CC(C)c1ccc2c(Nc3cc(C(=O)Nc4cccc(Br)c4)ccc3Sc3cccc(NC(=O)CN)c3)ncnc2n1. The van der Waals surface area contributed by atoms with Crippen LogP contribution in [0.3, 0.4) is 0 Å². The summed E-state index contributed by atoms with van der Waals surface area (Å²) in [5.41, 5.74) is 9.43. The maximum absolute atomic E-state index is 13.2. The summed E-state index contributed by atoms with van der Waals surface area (Å²) >= 11 is 4.92. The number of pyridine rings is 1. The average molecular weight is 643 g/mol. The van der Waals surface area contributed by atoms with Gasteiger partial charge in [0.1, 0.15) is 12.1 Å². The van der Waals surface area contributed by atoms with Crippen molar-refractivity contribution >= 4 is 73.4 Å². The normalized spacial score (nSPS) is 11.0. The van der Waals surface area contributed by atoms with Crippen LogP contribution in [0, 0.1) is 0 Å². The van der Waals surface area contributed by atoms with Crippen molar-refractivity contribution in [3.63, 3.8) is 0 Å². The van der Waals surface area contributed by atoms with E-state index in [1.165, 1.54) is 18.1 Å². The highest BCUT2D eigenvalue weighted by Gasteiger charge is 2.15. The Kier molecular flexibility index (Phi) is 9.11. The van der Waals surface area contributed by atoms with Crippen molar-refractivity contribution < 1.29 is 9.59 Å². The first-order valence-corrected chi connectivity index (χ1v) is 14.8. The number of hydrogen-bond acceptors (Lipinski definition) is 8. The van der Waals surface area contributed by atoms with Gasteiger partial charge in [-0.25, -0.2) is 15.0 Å². The Bertz CT molecular complexity index is 1780. The van der Waals surface area contributed by atoms with Crippen molar-refractivity contribution in [2.45, 2.75) is 29.6 Å². The van der Waals surface area contributed by atoms with Crippen LogP contribution < -0.4 is 21.7 Å². The first kappa shape index (κ1) is 29.2. The highest BCUT2D eigenvalue weighted by Crippen LogP contribution is 2.37. The van der Waals surface area contributed by atoms with E-state index in [2.05, 4.69) is 55.7 Å². The number of benzene rings is 3. The van der Waals surface area contributed by atoms with Gasteiger partial charge in [-0.2, -0.15) is 0 Å². The number of nitrogens with one attached hydrogen (secondary N) is 3. The Morgan fingerprint density at radius 2 is 1.71 bits per heavy atom. The van der Waals surface area contributed by atoms with Gasteiger partial charge in [0.05, 0.1) is 17.6 Å². The monoisotopic (exact) mass is 641 g/mol. The third-order valence-electron chi connectivity index (χ3n) is 6.22. The summed E-state index contributed by atoms with van der Waals surface area (Å²) in [5.74, 6) is 0.299. The molecular formula is C31H28BrN7O2S. The first-order chi connectivity index (χ1) is 20.3. The molecule has 0 saturated heterocycles. The highest BCUT2D eigenvalue weighted by atomic mass is 79.9. The standard InChI is InChI=1S/C31H28BrN7O2S/c1-18(2)25-11-10-24-29(38-25)34-17-35-30(24)39-26-13-19(31(41)37-21-6-3-5-20(32)14-21)9-12-27(26)42-23-8-4-7-22(15-23)36-28(40)16-33/h3-15,17-18H,16,33H2,1-2H3,(H,36,40)(H,37,41)(H,34,35,38,39). The van der Waals surface area contributed by atoms with Gasteiger partial charge in [0, 0.05) is 36.9 Å².